The van der Waals surface area contributed by atoms with Gasteiger partial charge in [0.15, 0.2) is 0 Å². The number of ether oxygens (including phenoxy) is 1. The Labute approximate surface area is 160 Å². The van der Waals surface area contributed by atoms with E-state index in [4.69, 9.17) is 4.74 Å². The number of hydrogen-bond donors (Lipinski definition) is 1. The molecule has 27 heavy (non-hydrogen) atoms. The smallest absolute Gasteiger partial charge is 0.261 e. The maximum Gasteiger partial charge on any atom is 0.261 e. The first-order valence-electron chi connectivity index (χ1n) is 8.86. The first-order chi connectivity index (χ1) is 12.8. The predicted octanol–water partition coefficient (Wildman–Crippen LogP) is 3.37. The monoisotopic (exact) mass is 388 g/mol. The highest BCUT2D eigenvalue weighted by Crippen LogP contribution is 2.35. The van der Waals surface area contributed by atoms with Crippen LogP contribution in [-0.2, 0) is 10.0 Å². The molecule has 0 heterocycles. The van der Waals surface area contributed by atoms with Gasteiger partial charge in [0, 0.05) is 24.3 Å². The third kappa shape index (κ3) is 4.42. The molecule has 0 aliphatic heterocycles. The van der Waals surface area contributed by atoms with Crippen LogP contribution >= 0.6 is 0 Å². The second-order valence-electron chi connectivity index (χ2n) is 6.85. The van der Waals surface area contributed by atoms with Gasteiger partial charge in [-0.2, -0.15) is 0 Å². The maximum absolute atomic E-state index is 12.6. The van der Waals surface area contributed by atoms with Crippen LogP contribution in [-0.4, -0.2) is 39.4 Å². The van der Waals surface area contributed by atoms with E-state index in [1.54, 1.807) is 55.5 Å². The highest BCUT2D eigenvalue weighted by Gasteiger charge is 2.32. The highest BCUT2D eigenvalue weighted by atomic mass is 32.2. The van der Waals surface area contributed by atoms with Gasteiger partial charge in [-0.25, -0.2) is 8.42 Å². The summed E-state index contributed by atoms with van der Waals surface area (Å²) < 4.78 is 32.7. The van der Waals surface area contributed by atoms with Gasteiger partial charge >= 0.3 is 0 Å². The Kier molecular flexibility index (Phi) is 5.41. The fourth-order valence-corrected chi connectivity index (χ4v) is 3.99. The molecule has 1 aliphatic carbocycles. The Bertz CT molecular complexity index is 904. The van der Waals surface area contributed by atoms with Crippen LogP contribution in [0.5, 0.6) is 5.75 Å². The fraction of sp³-hybridized carbons (Fsp3) is 0.350. The van der Waals surface area contributed by atoms with Crippen LogP contribution in [0.25, 0.3) is 0 Å². The van der Waals surface area contributed by atoms with Gasteiger partial charge in [-0.3, -0.25) is 9.52 Å². The summed E-state index contributed by atoms with van der Waals surface area (Å²) in [7, 11) is -0.392. The van der Waals surface area contributed by atoms with Gasteiger partial charge in [-0.15, -0.1) is 0 Å². The van der Waals surface area contributed by atoms with Crippen molar-refractivity contribution in [2.75, 3.05) is 18.9 Å². The number of anilines is 1. The molecule has 1 fully saturated rings. The molecule has 0 saturated heterocycles. The van der Waals surface area contributed by atoms with E-state index < -0.39 is 10.0 Å². The first-order valence-corrected chi connectivity index (χ1v) is 10.3. The summed E-state index contributed by atoms with van der Waals surface area (Å²) in [5, 5.41) is 0. The molecule has 1 amide bonds. The number of benzene rings is 2. The van der Waals surface area contributed by atoms with Crippen molar-refractivity contribution in [1.82, 2.24) is 4.90 Å². The molecular formula is C20H24N2O4S. The lowest BCUT2D eigenvalue weighted by atomic mass is 10.1. The second kappa shape index (κ2) is 7.60. The largest absolute Gasteiger partial charge is 0.497 e. The van der Waals surface area contributed by atoms with Crippen molar-refractivity contribution < 1.29 is 17.9 Å². The highest BCUT2D eigenvalue weighted by molar-refractivity contribution is 7.92. The summed E-state index contributed by atoms with van der Waals surface area (Å²) in [6, 6.07) is 12.8. The molecule has 3 rings (SSSR count). The lowest BCUT2D eigenvalue weighted by molar-refractivity contribution is 0.0727. The molecule has 7 heteroatoms. The Hall–Kier alpha value is -2.54. The number of carbonyl (C=O) groups excluding carboxylic acids is 1. The van der Waals surface area contributed by atoms with Gasteiger partial charge in [-0.1, -0.05) is 0 Å². The Morgan fingerprint density at radius 3 is 2.22 bits per heavy atom. The van der Waals surface area contributed by atoms with Crippen LogP contribution in [0.2, 0.25) is 0 Å². The minimum absolute atomic E-state index is 0.0959. The molecule has 1 atom stereocenters. The molecule has 144 valence electrons. The predicted molar refractivity (Wildman–Crippen MR) is 105 cm³/mol. The van der Waals surface area contributed by atoms with Crippen LogP contribution in [0.15, 0.2) is 53.4 Å². The van der Waals surface area contributed by atoms with Crippen molar-refractivity contribution >= 4 is 21.6 Å². The Balaban J connectivity index is 1.72. The molecule has 0 bridgehead atoms. The molecule has 0 spiro atoms. The van der Waals surface area contributed by atoms with Gasteiger partial charge < -0.3 is 9.64 Å². The van der Waals surface area contributed by atoms with Crippen LogP contribution in [0.1, 0.15) is 30.1 Å². The minimum atomic E-state index is -3.73. The van der Waals surface area contributed by atoms with Crippen LogP contribution in [0.3, 0.4) is 0 Å². The van der Waals surface area contributed by atoms with E-state index in [0.717, 1.165) is 12.8 Å². The second-order valence-corrected chi connectivity index (χ2v) is 8.53. The van der Waals surface area contributed by atoms with E-state index in [1.165, 1.54) is 12.1 Å². The van der Waals surface area contributed by atoms with Crippen molar-refractivity contribution in [2.24, 2.45) is 5.92 Å². The zero-order valence-electron chi connectivity index (χ0n) is 15.7. The number of sulfonamides is 1. The molecule has 2 aromatic rings. The number of hydrogen-bond acceptors (Lipinski definition) is 4. The van der Waals surface area contributed by atoms with Crippen molar-refractivity contribution in [3.8, 4) is 5.75 Å². The number of amides is 1. The topological polar surface area (TPSA) is 75.7 Å². The van der Waals surface area contributed by atoms with E-state index in [1.807, 2.05) is 6.92 Å². The van der Waals surface area contributed by atoms with Crippen molar-refractivity contribution in [1.29, 1.82) is 0 Å². The summed E-state index contributed by atoms with van der Waals surface area (Å²) >= 11 is 0. The Morgan fingerprint density at radius 1 is 1.11 bits per heavy atom. The third-order valence-electron chi connectivity index (χ3n) is 4.99. The number of nitrogens with zero attached hydrogens (tertiary/aromatic N) is 1. The lowest BCUT2D eigenvalue weighted by Gasteiger charge is -2.25. The summed E-state index contributed by atoms with van der Waals surface area (Å²) in [5.41, 5.74) is 0.919. The summed E-state index contributed by atoms with van der Waals surface area (Å²) in [4.78, 5) is 14.4. The van der Waals surface area contributed by atoms with Crippen molar-refractivity contribution in [3.05, 3.63) is 54.1 Å². The number of methoxy groups -OCH3 is 1. The SMILES string of the molecule is COc1ccc(NS(=O)(=O)c2ccc(C(=O)N(C)C(C)C3CC3)cc2)cc1. The maximum atomic E-state index is 12.6. The molecule has 0 aromatic heterocycles. The van der Waals surface area contributed by atoms with Crippen LogP contribution < -0.4 is 9.46 Å². The zero-order chi connectivity index (χ0) is 19.6. The molecular weight excluding hydrogens is 364 g/mol. The standard InChI is InChI=1S/C20H24N2O4S/c1-14(15-4-5-15)22(2)20(23)16-6-12-19(13-7-16)27(24,25)21-17-8-10-18(26-3)11-9-17/h6-15,21H,4-5H2,1-3H3. The summed E-state index contributed by atoms with van der Waals surface area (Å²) in [5.74, 6) is 1.12. The normalized spacial score (nSPS) is 15.1. The third-order valence-corrected chi connectivity index (χ3v) is 6.39. The lowest BCUT2D eigenvalue weighted by Crippen LogP contribution is -2.36. The number of nitrogens with one attached hydrogen (secondary N) is 1. The molecule has 2 aromatic carbocycles. The number of carbonyl (C=O) groups is 1. The molecule has 1 N–H and O–H groups in total. The summed E-state index contributed by atoms with van der Waals surface area (Å²) in [6.07, 6.45) is 2.32. The molecule has 0 radical (unpaired) electrons. The van der Waals surface area contributed by atoms with E-state index in [9.17, 15) is 13.2 Å². The van der Waals surface area contributed by atoms with Gasteiger partial charge in [0.05, 0.1) is 12.0 Å². The fourth-order valence-electron chi connectivity index (χ4n) is 2.93. The molecule has 1 aliphatic rings. The van der Waals surface area contributed by atoms with Crippen molar-refractivity contribution in [3.63, 3.8) is 0 Å². The first kappa shape index (κ1) is 19.2. The van der Waals surface area contributed by atoms with E-state index in [2.05, 4.69) is 4.72 Å². The van der Waals surface area contributed by atoms with E-state index in [0.29, 0.717) is 22.9 Å². The van der Waals surface area contributed by atoms with Gasteiger partial charge in [-0.05, 0) is 74.2 Å². The number of rotatable bonds is 7. The van der Waals surface area contributed by atoms with E-state index >= 15 is 0 Å². The van der Waals surface area contributed by atoms with E-state index in [-0.39, 0.29) is 16.8 Å². The zero-order valence-corrected chi connectivity index (χ0v) is 16.5. The Morgan fingerprint density at radius 2 is 1.70 bits per heavy atom. The summed E-state index contributed by atoms with van der Waals surface area (Å²) in [6.45, 7) is 2.05. The van der Waals surface area contributed by atoms with Crippen LogP contribution in [0, 0.1) is 5.92 Å². The average molecular weight is 388 g/mol. The molecule has 6 nitrogen and oxygen atoms in total. The van der Waals surface area contributed by atoms with Crippen molar-refractivity contribution in [2.45, 2.75) is 30.7 Å². The van der Waals surface area contributed by atoms with Crippen LogP contribution in [0.4, 0.5) is 5.69 Å². The minimum Gasteiger partial charge on any atom is -0.497 e. The average Bonchev–Trinajstić information content (AvgIpc) is 3.52. The molecule has 1 unspecified atom stereocenters. The quantitative estimate of drug-likeness (QED) is 0.789. The van der Waals surface area contributed by atoms with Gasteiger partial charge in [0.1, 0.15) is 5.75 Å². The van der Waals surface area contributed by atoms with Gasteiger partial charge in [0.2, 0.25) is 0 Å². The van der Waals surface area contributed by atoms with Gasteiger partial charge in [0.25, 0.3) is 15.9 Å². The molecule has 1 saturated carbocycles.